The van der Waals surface area contributed by atoms with E-state index in [2.05, 4.69) is 0 Å². The molecule has 0 saturated heterocycles. The SMILES string of the molecule is CCC(Oc1ccc(OC)cc1)Oc1ccc(OC)cc1. The second-order valence-electron chi connectivity index (χ2n) is 4.42. The van der Waals surface area contributed by atoms with Gasteiger partial charge in [-0.15, -0.1) is 0 Å². The Morgan fingerprint density at radius 3 is 1.29 bits per heavy atom. The van der Waals surface area contributed by atoms with Gasteiger partial charge in [-0.3, -0.25) is 0 Å². The second-order valence-corrected chi connectivity index (χ2v) is 4.42. The highest BCUT2D eigenvalue weighted by Crippen LogP contribution is 2.22. The Balaban J connectivity index is 1.98. The largest absolute Gasteiger partial charge is 0.497 e. The molecule has 0 heterocycles. The molecular formula is C17H20O4. The smallest absolute Gasteiger partial charge is 0.240 e. The highest BCUT2D eigenvalue weighted by Gasteiger charge is 2.10. The Kier molecular flexibility index (Phi) is 5.32. The van der Waals surface area contributed by atoms with Gasteiger partial charge in [-0.05, 0) is 48.5 Å². The zero-order valence-corrected chi connectivity index (χ0v) is 12.5. The van der Waals surface area contributed by atoms with Crippen LogP contribution in [0.3, 0.4) is 0 Å². The van der Waals surface area contributed by atoms with E-state index in [0.717, 1.165) is 29.4 Å². The van der Waals surface area contributed by atoms with Crippen molar-refractivity contribution in [1.29, 1.82) is 0 Å². The molecule has 0 saturated carbocycles. The summed E-state index contributed by atoms with van der Waals surface area (Å²) in [6.45, 7) is 2.01. The molecule has 21 heavy (non-hydrogen) atoms. The molecule has 0 bridgehead atoms. The van der Waals surface area contributed by atoms with Crippen LogP contribution in [0.5, 0.6) is 23.0 Å². The highest BCUT2D eigenvalue weighted by atomic mass is 16.7. The van der Waals surface area contributed by atoms with E-state index in [9.17, 15) is 0 Å². The highest BCUT2D eigenvalue weighted by molar-refractivity contribution is 5.32. The third-order valence-electron chi connectivity index (χ3n) is 2.99. The fourth-order valence-electron chi connectivity index (χ4n) is 1.80. The maximum atomic E-state index is 5.81. The Morgan fingerprint density at radius 2 is 1.00 bits per heavy atom. The van der Waals surface area contributed by atoms with Gasteiger partial charge in [0.05, 0.1) is 14.2 Å². The quantitative estimate of drug-likeness (QED) is 0.724. The maximum absolute atomic E-state index is 5.81. The predicted molar refractivity (Wildman–Crippen MR) is 81.3 cm³/mol. The molecule has 0 atom stereocenters. The van der Waals surface area contributed by atoms with Crippen LogP contribution in [0.2, 0.25) is 0 Å². The van der Waals surface area contributed by atoms with Crippen LogP contribution < -0.4 is 18.9 Å². The van der Waals surface area contributed by atoms with Gasteiger partial charge in [0.25, 0.3) is 0 Å². The first-order valence-electron chi connectivity index (χ1n) is 6.86. The molecule has 0 fully saturated rings. The molecule has 4 heteroatoms. The van der Waals surface area contributed by atoms with Crippen LogP contribution >= 0.6 is 0 Å². The Labute approximate surface area is 125 Å². The summed E-state index contributed by atoms with van der Waals surface area (Å²) in [5.74, 6) is 3.09. The minimum atomic E-state index is -0.341. The van der Waals surface area contributed by atoms with Gasteiger partial charge in [-0.2, -0.15) is 0 Å². The standard InChI is InChI=1S/C17H20O4/c1-4-17(20-15-9-5-13(18-2)6-10-15)21-16-11-7-14(19-3)8-12-16/h5-12,17H,4H2,1-3H3. The van der Waals surface area contributed by atoms with Gasteiger partial charge in [0.2, 0.25) is 6.29 Å². The van der Waals surface area contributed by atoms with E-state index in [1.807, 2.05) is 55.5 Å². The number of benzene rings is 2. The number of rotatable bonds is 7. The summed E-state index contributed by atoms with van der Waals surface area (Å²) in [6.07, 6.45) is 0.393. The van der Waals surface area contributed by atoms with Crippen molar-refractivity contribution in [3.05, 3.63) is 48.5 Å². The number of methoxy groups -OCH3 is 2. The molecule has 0 N–H and O–H groups in total. The minimum Gasteiger partial charge on any atom is -0.497 e. The second kappa shape index (κ2) is 7.43. The van der Waals surface area contributed by atoms with Gasteiger partial charge >= 0.3 is 0 Å². The average Bonchev–Trinajstić information content (AvgIpc) is 2.55. The van der Waals surface area contributed by atoms with Crippen molar-refractivity contribution in [1.82, 2.24) is 0 Å². The zero-order chi connectivity index (χ0) is 15.1. The van der Waals surface area contributed by atoms with E-state index in [0.29, 0.717) is 0 Å². The van der Waals surface area contributed by atoms with Crippen LogP contribution in [-0.2, 0) is 0 Å². The maximum Gasteiger partial charge on any atom is 0.240 e. The minimum absolute atomic E-state index is 0.341. The summed E-state index contributed by atoms with van der Waals surface area (Å²) in [6, 6.07) is 14.9. The van der Waals surface area contributed by atoms with Gasteiger partial charge in [-0.25, -0.2) is 0 Å². The topological polar surface area (TPSA) is 36.9 Å². The molecular weight excluding hydrogens is 268 g/mol. The van der Waals surface area contributed by atoms with Gasteiger partial charge in [0.1, 0.15) is 23.0 Å². The molecule has 2 rings (SSSR count). The van der Waals surface area contributed by atoms with Gasteiger partial charge in [0.15, 0.2) is 0 Å². The summed E-state index contributed by atoms with van der Waals surface area (Å²) >= 11 is 0. The lowest BCUT2D eigenvalue weighted by atomic mass is 10.3. The van der Waals surface area contributed by atoms with Crippen molar-refractivity contribution in [2.24, 2.45) is 0 Å². The molecule has 0 spiro atoms. The normalized spacial score (nSPS) is 10.3. The summed E-state index contributed by atoms with van der Waals surface area (Å²) < 4.78 is 21.9. The lowest BCUT2D eigenvalue weighted by Gasteiger charge is -2.19. The van der Waals surface area contributed by atoms with E-state index in [1.165, 1.54) is 0 Å². The average molecular weight is 288 g/mol. The molecule has 0 amide bonds. The molecule has 0 aliphatic rings. The third-order valence-corrected chi connectivity index (χ3v) is 2.99. The summed E-state index contributed by atoms with van der Waals surface area (Å²) in [5.41, 5.74) is 0. The Hall–Kier alpha value is -2.36. The van der Waals surface area contributed by atoms with Gasteiger partial charge < -0.3 is 18.9 Å². The first-order valence-corrected chi connectivity index (χ1v) is 6.86. The fourth-order valence-corrected chi connectivity index (χ4v) is 1.80. The molecule has 0 aliphatic carbocycles. The fraction of sp³-hybridized carbons (Fsp3) is 0.294. The third kappa shape index (κ3) is 4.31. The molecule has 0 aliphatic heterocycles. The van der Waals surface area contributed by atoms with E-state index < -0.39 is 0 Å². The van der Waals surface area contributed by atoms with Gasteiger partial charge in [0, 0.05) is 6.42 Å². The lowest BCUT2D eigenvalue weighted by Crippen LogP contribution is -2.22. The lowest BCUT2D eigenvalue weighted by molar-refractivity contribution is 0.00323. The summed E-state index contributed by atoms with van der Waals surface area (Å²) in [7, 11) is 3.27. The van der Waals surface area contributed by atoms with Crippen molar-refractivity contribution in [3.63, 3.8) is 0 Å². The molecule has 4 nitrogen and oxygen atoms in total. The van der Waals surface area contributed by atoms with Crippen molar-refractivity contribution >= 4 is 0 Å². The predicted octanol–water partition coefficient (Wildman–Crippen LogP) is 3.90. The van der Waals surface area contributed by atoms with Crippen LogP contribution in [0, 0.1) is 0 Å². The van der Waals surface area contributed by atoms with Crippen LogP contribution in [0.25, 0.3) is 0 Å². The van der Waals surface area contributed by atoms with Crippen molar-refractivity contribution < 1.29 is 18.9 Å². The Morgan fingerprint density at radius 1 is 0.667 bits per heavy atom. The van der Waals surface area contributed by atoms with Crippen LogP contribution in [0.4, 0.5) is 0 Å². The molecule has 0 radical (unpaired) electrons. The molecule has 0 unspecified atom stereocenters. The zero-order valence-electron chi connectivity index (χ0n) is 12.5. The van der Waals surface area contributed by atoms with Crippen LogP contribution in [0.15, 0.2) is 48.5 Å². The van der Waals surface area contributed by atoms with Crippen LogP contribution in [-0.4, -0.2) is 20.5 Å². The van der Waals surface area contributed by atoms with Crippen molar-refractivity contribution in [2.75, 3.05) is 14.2 Å². The van der Waals surface area contributed by atoms with E-state index in [4.69, 9.17) is 18.9 Å². The molecule has 112 valence electrons. The van der Waals surface area contributed by atoms with E-state index >= 15 is 0 Å². The Bertz CT molecular complexity index is 484. The molecule has 2 aromatic rings. The first kappa shape index (κ1) is 15.0. The van der Waals surface area contributed by atoms with Crippen LogP contribution in [0.1, 0.15) is 13.3 Å². The van der Waals surface area contributed by atoms with Crippen molar-refractivity contribution in [3.8, 4) is 23.0 Å². The van der Waals surface area contributed by atoms with Gasteiger partial charge in [-0.1, -0.05) is 6.92 Å². The number of ether oxygens (including phenoxy) is 4. The monoisotopic (exact) mass is 288 g/mol. The summed E-state index contributed by atoms with van der Waals surface area (Å²) in [4.78, 5) is 0. The summed E-state index contributed by atoms with van der Waals surface area (Å²) in [5, 5.41) is 0. The van der Waals surface area contributed by atoms with Crippen molar-refractivity contribution in [2.45, 2.75) is 19.6 Å². The molecule has 2 aromatic carbocycles. The molecule has 0 aromatic heterocycles. The number of hydrogen-bond donors (Lipinski definition) is 0. The first-order chi connectivity index (χ1) is 10.2. The van der Waals surface area contributed by atoms with E-state index in [-0.39, 0.29) is 6.29 Å². The van der Waals surface area contributed by atoms with E-state index in [1.54, 1.807) is 14.2 Å². The number of hydrogen-bond acceptors (Lipinski definition) is 4.